The Bertz CT molecular complexity index is 634. The summed E-state index contributed by atoms with van der Waals surface area (Å²) >= 11 is 0. The van der Waals surface area contributed by atoms with Crippen LogP contribution in [0.15, 0.2) is 18.2 Å². The Morgan fingerprint density at radius 3 is 2.87 bits per heavy atom. The molecule has 1 unspecified atom stereocenters. The molecule has 2 aliphatic heterocycles. The number of hydrogen-bond donors (Lipinski definition) is 0. The van der Waals surface area contributed by atoms with E-state index in [-0.39, 0.29) is 36.3 Å². The highest BCUT2D eigenvalue weighted by molar-refractivity contribution is 5.82. The third-order valence-electron chi connectivity index (χ3n) is 4.67. The fraction of sp³-hybridized carbons (Fsp3) is 0.529. The molecule has 2 fully saturated rings. The summed E-state index contributed by atoms with van der Waals surface area (Å²) in [7, 11) is 1.77. The quantitative estimate of drug-likeness (QED) is 0.852. The summed E-state index contributed by atoms with van der Waals surface area (Å²) in [6, 6.07) is 4.54. The van der Waals surface area contributed by atoms with Crippen molar-refractivity contribution < 1.29 is 18.7 Å². The molecule has 0 aliphatic carbocycles. The molecular weight excluding hydrogens is 299 g/mol. The Balaban J connectivity index is 1.68. The maximum Gasteiger partial charge on any atom is 0.261 e. The number of carbonyl (C=O) groups is 2. The minimum Gasteiger partial charge on any atom is -0.481 e. The number of ether oxygens (including phenoxy) is 1. The van der Waals surface area contributed by atoms with Crippen molar-refractivity contribution in [3.8, 4) is 5.75 Å². The number of halogens is 1. The van der Waals surface area contributed by atoms with Crippen molar-refractivity contribution in [2.45, 2.75) is 38.3 Å². The van der Waals surface area contributed by atoms with Crippen LogP contribution >= 0.6 is 0 Å². The maximum absolute atomic E-state index is 13.7. The van der Waals surface area contributed by atoms with Crippen molar-refractivity contribution in [1.82, 2.24) is 9.80 Å². The molecule has 0 spiro atoms. The van der Waals surface area contributed by atoms with Crippen molar-refractivity contribution in [2.24, 2.45) is 0 Å². The van der Waals surface area contributed by atoms with Crippen LogP contribution < -0.4 is 4.74 Å². The van der Waals surface area contributed by atoms with Crippen LogP contribution in [0.2, 0.25) is 0 Å². The van der Waals surface area contributed by atoms with Crippen LogP contribution in [-0.2, 0) is 9.59 Å². The highest BCUT2D eigenvalue weighted by Crippen LogP contribution is 2.30. The average Bonchev–Trinajstić information content (AvgIpc) is 2.84. The van der Waals surface area contributed by atoms with E-state index in [4.69, 9.17) is 4.74 Å². The van der Waals surface area contributed by atoms with Gasteiger partial charge in [0.15, 0.2) is 18.2 Å². The first kappa shape index (κ1) is 15.8. The van der Waals surface area contributed by atoms with Crippen LogP contribution in [0, 0.1) is 12.7 Å². The molecule has 0 N–H and O–H groups in total. The predicted molar refractivity (Wildman–Crippen MR) is 82.5 cm³/mol. The average molecular weight is 320 g/mol. The molecule has 2 aliphatic rings. The summed E-state index contributed by atoms with van der Waals surface area (Å²) in [5, 5.41) is 0. The first-order valence-corrected chi connectivity index (χ1v) is 7.90. The van der Waals surface area contributed by atoms with Crippen molar-refractivity contribution in [3.63, 3.8) is 0 Å². The van der Waals surface area contributed by atoms with Crippen molar-refractivity contribution in [1.29, 1.82) is 0 Å². The molecule has 1 aromatic rings. The van der Waals surface area contributed by atoms with Crippen LogP contribution in [0.3, 0.4) is 0 Å². The second-order valence-corrected chi connectivity index (χ2v) is 6.39. The minimum atomic E-state index is -0.475. The van der Waals surface area contributed by atoms with E-state index in [1.807, 2.05) is 6.92 Å². The molecule has 2 saturated heterocycles. The maximum atomic E-state index is 13.7. The minimum absolute atomic E-state index is 0.0370. The molecular formula is C17H21FN2O3. The van der Waals surface area contributed by atoms with Gasteiger partial charge in [-0.3, -0.25) is 9.59 Å². The Kier molecular flexibility index (Phi) is 4.24. The first-order chi connectivity index (χ1) is 11.0. The van der Waals surface area contributed by atoms with E-state index in [9.17, 15) is 14.0 Å². The molecule has 2 heterocycles. The molecule has 23 heavy (non-hydrogen) atoms. The standard InChI is InChI=1S/C17H21FN2O3/c1-11-3-6-14(18)15(7-11)23-10-17(22)20-12-4-5-13(20)9-19(2)16(21)8-12/h3,6-7,12-13H,4-5,8-10H2,1-2H3/t12-,13?/m1/s1. The number of aryl methyl sites for hydroxylation is 1. The zero-order valence-corrected chi connectivity index (χ0v) is 13.4. The number of benzene rings is 1. The first-order valence-electron chi connectivity index (χ1n) is 7.90. The highest BCUT2D eigenvalue weighted by Gasteiger charge is 2.41. The van der Waals surface area contributed by atoms with Gasteiger partial charge in [0, 0.05) is 32.1 Å². The summed E-state index contributed by atoms with van der Waals surface area (Å²) in [5.74, 6) is -0.493. The molecule has 1 aromatic carbocycles. The third kappa shape index (κ3) is 3.16. The van der Waals surface area contributed by atoms with Crippen LogP contribution in [0.4, 0.5) is 4.39 Å². The van der Waals surface area contributed by atoms with E-state index < -0.39 is 5.82 Å². The van der Waals surface area contributed by atoms with Gasteiger partial charge in [-0.05, 0) is 37.5 Å². The molecule has 2 bridgehead atoms. The van der Waals surface area contributed by atoms with Gasteiger partial charge < -0.3 is 14.5 Å². The molecule has 2 atom stereocenters. The SMILES string of the molecule is Cc1ccc(F)c(OCC(=O)N2C3CC[C@@H]2CC(=O)N(C)C3)c1. The largest absolute Gasteiger partial charge is 0.481 e. The Labute approximate surface area is 135 Å². The Morgan fingerprint density at radius 2 is 2.09 bits per heavy atom. The van der Waals surface area contributed by atoms with Crippen molar-refractivity contribution in [2.75, 3.05) is 20.2 Å². The molecule has 0 aromatic heterocycles. The van der Waals surface area contributed by atoms with E-state index in [0.29, 0.717) is 13.0 Å². The van der Waals surface area contributed by atoms with Crippen LogP contribution in [0.1, 0.15) is 24.8 Å². The van der Waals surface area contributed by atoms with E-state index in [0.717, 1.165) is 18.4 Å². The lowest BCUT2D eigenvalue weighted by Gasteiger charge is -2.28. The number of amides is 2. The van der Waals surface area contributed by atoms with E-state index in [1.54, 1.807) is 29.0 Å². The van der Waals surface area contributed by atoms with Crippen LogP contribution in [0.25, 0.3) is 0 Å². The van der Waals surface area contributed by atoms with Gasteiger partial charge in [-0.15, -0.1) is 0 Å². The number of likely N-dealkylation sites (tertiary alicyclic amines) is 1. The second kappa shape index (κ2) is 6.18. The lowest BCUT2D eigenvalue weighted by Crippen LogP contribution is -2.45. The number of likely N-dealkylation sites (N-methyl/N-ethyl adjacent to an activating group) is 1. The number of fused-ring (bicyclic) bond motifs is 2. The Morgan fingerprint density at radius 1 is 1.35 bits per heavy atom. The highest BCUT2D eigenvalue weighted by atomic mass is 19.1. The molecule has 6 heteroatoms. The predicted octanol–water partition coefficient (Wildman–Crippen LogP) is 1.73. The van der Waals surface area contributed by atoms with Gasteiger partial charge in [0.25, 0.3) is 5.91 Å². The van der Waals surface area contributed by atoms with Gasteiger partial charge in [0.1, 0.15) is 0 Å². The third-order valence-corrected chi connectivity index (χ3v) is 4.67. The fourth-order valence-electron chi connectivity index (χ4n) is 3.46. The van der Waals surface area contributed by atoms with Gasteiger partial charge in [-0.1, -0.05) is 6.07 Å². The van der Waals surface area contributed by atoms with Gasteiger partial charge in [0.05, 0.1) is 0 Å². The Hall–Kier alpha value is -2.11. The van der Waals surface area contributed by atoms with E-state index >= 15 is 0 Å². The fourth-order valence-corrected chi connectivity index (χ4v) is 3.46. The van der Waals surface area contributed by atoms with Crippen molar-refractivity contribution in [3.05, 3.63) is 29.6 Å². The van der Waals surface area contributed by atoms with E-state index in [2.05, 4.69) is 0 Å². The number of nitrogens with zero attached hydrogens (tertiary/aromatic N) is 2. The van der Waals surface area contributed by atoms with Crippen molar-refractivity contribution >= 4 is 11.8 Å². The molecule has 0 radical (unpaired) electrons. The van der Waals surface area contributed by atoms with Crippen LogP contribution in [-0.4, -0.2) is 53.9 Å². The van der Waals surface area contributed by atoms with Crippen LogP contribution in [0.5, 0.6) is 5.75 Å². The van der Waals surface area contributed by atoms with Gasteiger partial charge in [0.2, 0.25) is 5.91 Å². The van der Waals surface area contributed by atoms with E-state index in [1.165, 1.54) is 6.07 Å². The van der Waals surface area contributed by atoms with Gasteiger partial charge in [-0.25, -0.2) is 4.39 Å². The molecule has 2 amide bonds. The smallest absolute Gasteiger partial charge is 0.261 e. The molecule has 124 valence electrons. The monoisotopic (exact) mass is 320 g/mol. The molecule has 5 nitrogen and oxygen atoms in total. The summed E-state index contributed by atoms with van der Waals surface area (Å²) in [5.41, 5.74) is 0.871. The zero-order chi connectivity index (χ0) is 16.6. The molecule has 3 rings (SSSR count). The number of hydrogen-bond acceptors (Lipinski definition) is 3. The topological polar surface area (TPSA) is 49.9 Å². The lowest BCUT2D eigenvalue weighted by atomic mass is 10.1. The summed E-state index contributed by atoms with van der Waals surface area (Å²) in [6.07, 6.45) is 2.10. The zero-order valence-electron chi connectivity index (χ0n) is 13.4. The number of rotatable bonds is 3. The summed E-state index contributed by atoms with van der Waals surface area (Å²) in [4.78, 5) is 27.9. The second-order valence-electron chi connectivity index (χ2n) is 6.39. The normalized spacial score (nSPS) is 23.9. The summed E-state index contributed by atoms with van der Waals surface area (Å²) < 4.78 is 19.1. The van der Waals surface area contributed by atoms with Gasteiger partial charge in [-0.2, -0.15) is 0 Å². The molecule has 0 saturated carbocycles. The summed E-state index contributed by atoms with van der Waals surface area (Å²) in [6.45, 7) is 2.19. The van der Waals surface area contributed by atoms with Gasteiger partial charge >= 0.3 is 0 Å². The number of carbonyl (C=O) groups excluding carboxylic acids is 2. The lowest BCUT2D eigenvalue weighted by molar-refractivity contribution is -0.136.